The average Bonchev–Trinajstić information content (AvgIpc) is 3.20. The third kappa shape index (κ3) is 3.76. The summed E-state index contributed by atoms with van der Waals surface area (Å²) in [7, 11) is 0. The summed E-state index contributed by atoms with van der Waals surface area (Å²) in [4.78, 5) is 18.7. The topological polar surface area (TPSA) is 70.1 Å². The van der Waals surface area contributed by atoms with E-state index in [4.69, 9.17) is 23.9 Å². The first kappa shape index (κ1) is 21.0. The molecule has 0 bridgehead atoms. The second-order valence-corrected chi connectivity index (χ2v) is 8.32. The fraction of sp³-hybridized carbons (Fsp3) is 0.440. The van der Waals surface area contributed by atoms with Gasteiger partial charge >= 0.3 is 6.09 Å². The second kappa shape index (κ2) is 8.56. The van der Waals surface area contributed by atoms with E-state index in [1.165, 1.54) is 5.57 Å². The van der Waals surface area contributed by atoms with E-state index >= 15 is 0 Å². The number of nitrogens with zero attached hydrogens (tertiary/aromatic N) is 2. The molecule has 3 aliphatic heterocycles. The van der Waals surface area contributed by atoms with E-state index < -0.39 is 5.79 Å². The maximum absolute atomic E-state index is 12.2. The van der Waals surface area contributed by atoms with Crippen molar-refractivity contribution >= 4 is 11.7 Å². The van der Waals surface area contributed by atoms with Crippen LogP contribution >= 0.6 is 0 Å². The summed E-state index contributed by atoms with van der Waals surface area (Å²) >= 11 is 0. The van der Waals surface area contributed by atoms with Gasteiger partial charge in [0.1, 0.15) is 12.4 Å². The van der Waals surface area contributed by atoms with Crippen molar-refractivity contribution in [3.63, 3.8) is 0 Å². The van der Waals surface area contributed by atoms with Gasteiger partial charge in [0.25, 0.3) is 0 Å². The summed E-state index contributed by atoms with van der Waals surface area (Å²) in [5.74, 6) is 0.0563. The first-order valence-corrected chi connectivity index (χ1v) is 11.2. The van der Waals surface area contributed by atoms with E-state index in [1.54, 1.807) is 4.90 Å². The van der Waals surface area contributed by atoms with Crippen LogP contribution in [0.15, 0.2) is 42.1 Å². The average molecular weight is 437 g/mol. The number of amides is 1. The van der Waals surface area contributed by atoms with Gasteiger partial charge < -0.3 is 23.8 Å². The number of rotatable bonds is 2. The number of hydrogen-bond donors (Lipinski definition) is 0. The van der Waals surface area contributed by atoms with Gasteiger partial charge in [0, 0.05) is 41.5 Å². The highest BCUT2D eigenvalue weighted by Gasteiger charge is 2.35. The Kier molecular flexibility index (Phi) is 5.61. The summed E-state index contributed by atoms with van der Waals surface area (Å²) in [6.45, 7) is 7.03. The van der Waals surface area contributed by atoms with Crippen molar-refractivity contribution in [3.8, 4) is 5.75 Å². The van der Waals surface area contributed by atoms with Crippen molar-refractivity contribution in [1.82, 2.24) is 9.88 Å². The molecule has 7 nitrogen and oxygen atoms in total. The van der Waals surface area contributed by atoms with E-state index in [9.17, 15) is 4.79 Å². The highest BCUT2D eigenvalue weighted by atomic mass is 16.7. The molecular formula is C25H28N2O5. The molecule has 1 aromatic heterocycles. The fourth-order valence-corrected chi connectivity index (χ4v) is 4.66. The van der Waals surface area contributed by atoms with Gasteiger partial charge in [-0.3, -0.25) is 4.98 Å². The Morgan fingerprint density at radius 2 is 1.97 bits per heavy atom. The lowest BCUT2D eigenvalue weighted by atomic mass is 9.88. The van der Waals surface area contributed by atoms with Crippen LogP contribution in [0.2, 0.25) is 0 Å². The van der Waals surface area contributed by atoms with Crippen molar-refractivity contribution in [1.29, 1.82) is 0 Å². The molecule has 7 heteroatoms. The largest absolute Gasteiger partial charge is 0.488 e. The molecule has 2 fully saturated rings. The number of carbonyl (C=O) groups is 1. The van der Waals surface area contributed by atoms with Gasteiger partial charge in [-0.05, 0) is 51.0 Å². The number of carbonyl (C=O) groups excluding carboxylic acids is 1. The quantitative estimate of drug-likeness (QED) is 0.701. The maximum atomic E-state index is 12.2. The second-order valence-electron chi connectivity index (χ2n) is 8.32. The number of hydrogen-bond acceptors (Lipinski definition) is 6. The van der Waals surface area contributed by atoms with Gasteiger partial charge in [-0.15, -0.1) is 0 Å². The van der Waals surface area contributed by atoms with Crippen molar-refractivity contribution in [2.24, 2.45) is 0 Å². The lowest BCUT2D eigenvalue weighted by Crippen LogP contribution is -2.37. The van der Waals surface area contributed by atoms with Crippen LogP contribution < -0.4 is 4.74 Å². The number of likely N-dealkylation sites (tertiary alicyclic amines) is 1. The Labute approximate surface area is 187 Å². The molecule has 2 saturated heterocycles. The molecule has 0 unspecified atom stereocenters. The molecule has 0 aliphatic carbocycles. The molecule has 168 valence electrons. The summed E-state index contributed by atoms with van der Waals surface area (Å²) in [5.41, 5.74) is 6.33. The number of ether oxygens (including phenoxy) is 4. The molecular weight excluding hydrogens is 408 g/mol. The first-order chi connectivity index (χ1) is 15.6. The Balaban J connectivity index is 1.59. The highest BCUT2D eigenvalue weighted by Crippen LogP contribution is 2.43. The standard InChI is InChI=1S/C25H28N2O5/c1-3-29-24(28)27-11-8-17(9-12-27)22-20-15-19(25(2)31-13-14-32-25)6-7-21(20)30-16-18-5-4-10-26-23(18)22/h4-7,10,15H,3,8-9,11-14,16H2,1-2H3. The Morgan fingerprint density at radius 1 is 1.19 bits per heavy atom. The number of piperidine rings is 1. The molecule has 3 aliphatic rings. The molecule has 2 aromatic rings. The predicted octanol–water partition coefficient (Wildman–Crippen LogP) is 4.25. The molecule has 0 N–H and O–H groups in total. The predicted molar refractivity (Wildman–Crippen MR) is 118 cm³/mol. The Bertz CT molecular complexity index is 1050. The number of aromatic nitrogens is 1. The number of fused-ring (bicyclic) bond motifs is 2. The van der Waals surface area contributed by atoms with E-state index in [0.717, 1.165) is 46.5 Å². The molecule has 1 amide bonds. The van der Waals surface area contributed by atoms with Gasteiger partial charge in [0.05, 0.1) is 25.5 Å². The van der Waals surface area contributed by atoms with E-state index in [1.807, 2.05) is 38.2 Å². The maximum Gasteiger partial charge on any atom is 0.409 e. The molecule has 1 aromatic carbocycles. The zero-order valence-corrected chi connectivity index (χ0v) is 18.6. The SMILES string of the molecule is CCOC(=O)N1CCC(=C2c3cc(C4(C)OCCO4)ccc3OCc3cccnc32)CC1. The minimum atomic E-state index is -0.767. The zero-order valence-electron chi connectivity index (χ0n) is 18.6. The summed E-state index contributed by atoms with van der Waals surface area (Å²) in [5, 5.41) is 0. The molecule has 0 saturated carbocycles. The fourth-order valence-electron chi connectivity index (χ4n) is 4.66. The molecule has 0 spiro atoms. The summed E-state index contributed by atoms with van der Waals surface area (Å²) < 4.78 is 23.2. The Hall–Kier alpha value is -2.90. The normalized spacial score (nSPS) is 19.6. The lowest BCUT2D eigenvalue weighted by Gasteiger charge is -2.30. The van der Waals surface area contributed by atoms with E-state index in [0.29, 0.717) is 39.5 Å². The van der Waals surface area contributed by atoms with Crippen LogP contribution in [0.4, 0.5) is 4.79 Å². The van der Waals surface area contributed by atoms with Crippen LogP contribution in [0.3, 0.4) is 0 Å². The van der Waals surface area contributed by atoms with Crippen LogP contribution in [-0.4, -0.2) is 48.9 Å². The minimum Gasteiger partial charge on any atom is -0.488 e. The summed E-state index contributed by atoms with van der Waals surface area (Å²) in [6.07, 6.45) is 3.10. The van der Waals surface area contributed by atoms with E-state index in [2.05, 4.69) is 12.1 Å². The van der Waals surface area contributed by atoms with Gasteiger partial charge in [-0.2, -0.15) is 0 Å². The first-order valence-electron chi connectivity index (χ1n) is 11.2. The van der Waals surface area contributed by atoms with Gasteiger partial charge in [-0.25, -0.2) is 4.79 Å². The smallest absolute Gasteiger partial charge is 0.409 e. The van der Waals surface area contributed by atoms with Crippen LogP contribution in [0.1, 0.15) is 49.1 Å². The molecule has 0 radical (unpaired) electrons. The highest BCUT2D eigenvalue weighted by molar-refractivity contribution is 5.86. The monoisotopic (exact) mass is 436 g/mol. The number of pyridine rings is 1. The van der Waals surface area contributed by atoms with Crippen LogP contribution in [0.5, 0.6) is 5.75 Å². The van der Waals surface area contributed by atoms with Gasteiger partial charge in [0.2, 0.25) is 0 Å². The zero-order chi connectivity index (χ0) is 22.1. The van der Waals surface area contributed by atoms with Crippen molar-refractivity contribution in [2.75, 3.05) is 32.9 Å². The molecule has 5 rings (SSSR count). The molecule has 0 atom stereocenters. The Morgan fingerprint density at radius 3 is 2.72 bits per heavy atom. The summed E-state index contributed by atoms with van der Waals surface area (Å²) in [6, 6.07) is 10.1. The third-order valence-corrected chi connectivity index (χ3v) is 6.37. The minimum absolute atomic E-state index is 0.245. The van der Waals surface area contributed by atoms with Crippen LogP contribution in [0.25, 0.3) is 5.57 Å². The van der Waals surface area contributed by atoms with Gasteiger partial charge in [-0.1, -0.05) is 11.6 Å². The number of benzene rings is 1. The van der Waals surface area contributed by atoms with Gasteiger partial charge in [0.15, 0.2) is 5.79 Å². The van der Waals surface area contributed by atoms with Crippen LogP contribution in [0, 0.1) is 0 Å². The third-order valence-electron chi connectivity index (χ3n) is 6.37. The molecule has 32 heavy (non-hydrogen) atoms. The van der Waals surface area contributed by atoms with Crippen molar-refractivity contribution in [3.05, 3.63) is 64.5 Å². The lowest BCUT2D eigenvalue weighted by molar-refractivity contribution is -0.149. The van der Waals surface area contributed by atoms with Crippen molar-refractivity contribution in [2.45, 2.75) is 39.1 Å². The van der Waals surface area contributed by atoms with Crippen LogP contribution in [-0.2, 0) is 26.6 Å². The molecule has 4 heterocycles. The van der Waals surface area contributed by atoms with E-state index in [-0.39, 0.29) is 6.09 Å². The van der Waals surface area contributed by atoms with Crippen molar-refractivity contribution < 1.29 is 23.7 Å².